The van der Waals surface area contributed by atoms with E-state index in [0.717, 1.165) is 38.9 Å². The van der Waals surface area contributed by atoms with Crippen molar-refractivity contribution in [2.75, 3.05) is 40.8 Å². The van der Waals surface area contributed by atoms with Crippen molar-refractivity contribution in [2.24, 2.45) is 17.8 Å². The van der Waals surface area contributed by atoms with Crippen LogP contribution in [0.3, 0.4) is 0 Å². The smallest absolute Gasteiger partial charge is 0.317 e. The third-order valence-corrected chi connectivity index (χ3v) is 18.0. The number of hydrogen-bond acceptors (Lipinski definition) is 11. The zero-order chi connectivity index (χ0) is 77.7. The van der Waals surface area contributed by atoms with Crippen LogP contribution >= 0.6 is 69.6 Å². The molecule has 0 heterocycles. The number of amides is 8. The molecule has 556 valence electrons. The van der Waals surface area contributed by atoms with E-state index in [1.807, 2.05) is 153 Å². The molecule has 0 unspecified atom stereocenters. The van der Waals surface area contributed by atoms with Gasteiger partial charge in [0.1, 0.15) is 0 Å². The lowest BCUT2D eigenvalue weighted by molar-refractivity contribution is -0.142. The van der Waals surface area contributed by atoms with Gasteiger partial charge in [-0.3, -0.25) is 38.4 Å². The molecule has 22 nitrogen and oxygen atoms in total. The lowest BCUT2D eigenvalue weighted by Crippen LogP contribution is -2.41. The van der Waals surface area contributed by atoms with Gasteiger partial charge in [0, 0.05) is 104 Å². The highest BCUT2D eigenvalue weighted by atomic mass is 35.5. The Bertz CT molecular complexity index is 4190. The average molecular weight is 1560 g/mol. The number of carboxylic acid groups (broad SMARTS) is 3. The number of carbonyl (C=O) groups is 11. The number of rotatable bonds is 30. The standard InChI is InChI=1S/2C29H29Cl2N3O5.C20H20Cl2N2O4/c2*1-18-7-6-10-20(11-18)15-32-27(36)21-12-23(30)26(24(31)13-21)25(35)14-22(28(37)38)16-33-29(39)34(2)17-19-8-4-3-5-9-19;1-24(12-13-6-3-2-4-7-13)20(28)23-11-14(19(26)27)10-17(25)18-15(21)8-5-9-16(18)22/h2*3-13,22H,14-17H2,1-2H3,(H,32,36)(H,33,39)(H,37,38);2-9,14H,10-12H2,1H3,(H,23,28)(H,26,27)/t2*22-;14-/m000/s1. The van der Waals surface area contributed by atoms with Crippen molar-refractivity contribution in [2.45, 2.75) is 65.8 Å². The van der Waals surface area contributed by atoms with Crippen molar-refractivity contribution in [3.63, 3.8) is 0 Å². The van der Waals surface area contributed by atoms with Crippen molar-refractivity contribution < 1.29 is 68.1 Å². The van der Waals surface area contributed by atoms with Crippen LogP contribution < -0.4 is 26.6 Å². The molecule has 8 rings (SSSR count). The summed E-state index contributed by atoms with van der Waals surface area (Å²) in [5.41, 5.74) is 7.01. The third kappa shape index (κ3) is 27.0. The second-order valence-corrected chi connectivity index (χ2v) is 27.1. The molecule has 8 N–H and O–H groups in total. The van der Waals surface area contributed by atoms with Gasteiger partial charge >= 0.3 is 36.0 Å². The van der Waals surface area contributed by atoms with Crippen LogP contribution in [0.25, 0.3) is 0 Å². The number of benzene rings is 8. The van der Waals surface area contributed by atoms with E-state index in [2.05, 4.69) is 26.6 Å². The predicted octanol–water partition coefficient (Wildman–Crippen LogP) is 14.8. The average Bonchev–Trinajstić information content (AvgIpc) is 0.816. The number of aliphatic carboxylic acids is 3. The van der Waals surface area contributed by atoms with Crippen LogP contribution in [-0.4, -0.2) is 136 Å². The van der Waals surface area contributed by atoms with Crippen LogP contribution in [-0.2, 0) is 47.1 Å². The Morgan fingerprint density at radius 2 is 0.585 bits per heavy atom. The molecular formula is C78H78Cl6N8O14. The molecule has 0 aromatic heterocycles. The van der Waals surface area contributed by atoms with Gasteiger partial charge in [-0.25, -0.2) is 14.4 Å². The highest BCUT2D eigenvalue weighted by Crippen LogP contribution is 2.32. The van der Waals surface area contributed by atoms with Crippen molar-refractivity contribution in [1.29, 1.82) is 0 Å². The first-order valence-corrected chi connectivity index (χ1v) is 35.1. The third-order valence-electron chi connectivity index (χ3n) is 16.1. The molecule has 0 aliphatic carbocycles. The first-order valence-electron chi connectivity index (χ1n) is 32.9. The number of halogens is 6. The van der Waals surface area contributed by atoms with E-state index in [1.54, 1.807) is 27.2 Å². The Morgan fingerprint density at radius 3 is 0.849 bits per heavy atom. The molecular weight excluding hydrogens is 1490 g/mol. The summed E-state index contributed by atoms with van der Waals surface area (Å²) in [6.45, 7) is 4.80. The zero-order valence-electron chi connectivity index (χ0n) is 58.3. The Hall–Kier alpha value is -10.3. The summed E-state index contributed by atoms with van der Waals surface area (Å²) >= 11 is 37.3. The van der Waals surface area contributed by atoms with Gasteiger partial charge in [0.2, 0.25) is 0 Å². The number of ketones is 3. The van der Waals surface area contributed by atoms with E-state index in [0.29, 0.717) is 32.7 Å². The molecule has 0 aliphatic rings. The topological polar surface area (TPSA) is 318 Å². The number of urea groups is 3. The molecule has 0 radical (unpaired) electrons. The quantitative estimate of drug-likeness (QED) is 0.0194. The molecule has 0 spiro atoms. The number of hydrogen-bond donors (Lipinski definition) is 8. The van der Waals surface area contributed by atoms with E-state index in [-0.39, 0.29) is 84.0 Å². The van der Waals surface area contributed by atoms with E-state index in [1.165, 1.54) is 51.1 Å². The SMILES string of the molecule is CN(Cc1ccccc1)C(=O)NC[C@H](CC(=O)c1c(Cl)cccc1Cl)C(=O)O.Cc1cccc(CNC(=O)c2cc(Cl)c(C(=O)C[C@@H](CNC(=O)N(C)Cc3ccccc3)C(=O)O)c(Cl)c2)c1.Cc1cccc(CNC(=O)c2cc(Cl)c(C(=O)C[C@@H](CNC(=O)N(C)Cc3ccccc3)C(=O)O)c(Cl)c2)c1. The van der Waals surface area contributed by atoms with E-state index in [9.17, 15) is 68.1 Å². The van der Waals surface area contributed by atoms with E-state index >= 15 is 0 Å². The second kappa shape index (κ2) is 42.0. The van der Waals surface area contributed by atoms with Gasteiger partial charge in [-0.15, -0.1) is 0 Å². The van der Waals surface area contributed by atoms with Gasteiger partial charge in [0.15, 0.2) is 17.3 Å². The van der Waals surface area contributed by atoms with Crippen molar-refractivity contribution in [1.82, 2.24) is 41.3 Å². The number of carbonyl (C=O) groups excluding carboxylic acids is 8. The molecule has 3 atom stereocenters. The number of nitrogens with zero attached hydrogens (tertiary/aromatic N) is 3. The minimum atomic E-state index is -1.26. The van der Waals surface area contributed by atoms with Gasteiger partial charge < -0.3 is 56.6 Å². The lowest BCUT2D eigenvalue weighted by atomic mass is 9.97. The highest BCUT2D eigenvalue weighted by molar-refractivity contribution is 6.42. The molecule has 0 fully saturated rings. The Kier molecular flexibility index (Phi) is 33.5. The lowest BCUT2D eigenvalue weighted by Gasteiger charge is -2.20. The van der Waals surface area contributed by atoms with Gasteiger partial charge in [-0.2, -0.15) is 0 Å². The molecule has 0 saturated carbocycles. The monoisotopic (exact) mass is 1560 g/mol. The first-order chi connectivity index (χ1) is 50.4. The summed E-state index contributed by atoms with van der Waals surface area (Å²) in [4.78, 5) is 140. The van der Waals surface area contributed by atoms with Gasteiger partial charge in [0.25, 0.3) is 11.8 Å². The van der Waals surface area contributed by atoms with Gasteiger partial charge in [-0.1, -0.05) is 226 Å². The van der Waals surface area contributed by atoms with Crippen molar-refractivity contribution >= 4 is 135 Å². The van der Waals surface area contributed by atoms with Crippen LogP contribution in [0.4, 0.5) is 14.4 Å². The summed E-state index contributed by atoms with van der Waals surface area (Å²) in [7, 11) is 4.77. The minimum absolute atomic E-state index is 0.0658. The Labute approximate surface area is 643 Å². The van der Waals surface area contributed by atoms with Crippen LogP contribution in [0.5, 0.6) is 0 Å². The maximum atomic E-state index is 13.0. The van der Waals surface area contributed by atoms with Crippen LogP contribution in [0.15, 0.2) is 182 Å². The summed E-state index contributed by atoms with van der Waals surface area (Å²) in [5, 5.41) is 42.0. The van der Waals surface area contributed by atoms with E-state index < -0.39 is 95.8 Å². The molecule has 8 amide bonds. The Balaban J connectivity index is 0.000000253. The van der Waals surface area contributed by atoms with Gasteiger partial charge in [0.05, 0.1) is 64.6 Å². The first kappa shape index (κ1) is 84.6. The maximum absolute atomic E-state index is 13.0. The summed E-state index contributed by atoms with van der Waals surface area (Å²) in [6, 6.07) is 51.9. The molecule has 0 bridgehead atoms. The van der Waals surface area contributed by atoms with Crippen LogP contribution in [0, 0.1) is 31.6 Å². The highest BCUT2D eigenvalue weighted by Gasteiger charge is 2.30. The summed E-state index contributed by atoms with van der Waals surface area (Å²) < 4.78 is 0. The fourth-order valence-corrected chi connectivity index (χ4v) is 12.5. The van der Waals surface area contributed by atoms with Crippen LogP contribution in [0.1, 0.15) is 110 Å². The molecule has 8 aromatic carbocycles. The summed E-state index contributed by atoms with van der Waals surface area (Å²) in [5.74, 6) is -9.80. The summed E-state index contributed by atoms with van der Waals surface area (Å²) in [6.07, 6.45) is -1.23. The maximum Gasteiger partial charge on any atom is 0.317 e. The fraction of sp³-hybridized carbons (Fsp3) is 0.244. The zero-order valence-corrected chi connectivity index (χ0v) is 62.8. The molecule has 0 aliphatic heterocycles. The number of Topliss-reactive ketones (excluding diaryl/α,β-unsaturated/α-hetero) is 3. The number of aryl methyl sites for hydroxylation is 2. The molecule has 8 aromatic rings. The molecule has 0 saturated heterocycles. The Morgan fingerprint density at radius 1 is 0.330 bits per heavy atom. The van der Waals surface area contributed by atoms with Gasteiger partial charge in [-0.05, 0) is 78.1 Å². The van der Waals surface area contributed by atoms with Crippen molar-refractivity contribution in [3.8, 4) is 0 Å². The van der Waals surface area contributed by atoms with E-state index in [4.69, 9.17) is 69.6 Å². The number of nitrogens with one attached hydrogen (secondary N) is 5. The molecule has 106 heavy (non-hydrogen) atoms. The predicted molar refractivity (Wildman–Crippen MR) is 408 cm³/mol. The number of carboxylic acids is 3. The molecule has 28 heteroatoms. The normalized spacial score (nSPS) is 11.4. The largest absolute Gasteiger partial charge is 0.481 e. The fourth-order valence-electron chi connectivity index (χ4n) is 10.5. The van der Waals surface area contributed by atoms with Crippen molar-refractivity contribution in [3.05, 3.63) is 279 Å². The second-order valence-electron chi connectivity index (χ2n) is 24.6. The minimum Gasteiger partial charge on any atom is -0.481 e. The van der Waals surface area contributed by atoms with Crippen LogP contribution in [0.2, 0.25) is 30.1 Å².